The van der Waals surface area contributed by atoms with Crippen LogP contribution in [0.2, 0.25) is 0 Å². The molecule has 7 nitrogen and oxygen atoms in total. The summed E-state index contributed by atoms with van der Waals surface area (Å²) in [5.41, 5.74) is 7.01. The Morgan fingerprint density at radius 1 is 1.38 bits per heavy atom. The molecular weight excluding hydrogens is 206 g/mol. The van der Waals surface area contributed by atoms with Crippen LogP contribution in [-0.4, -0.2) is 26.8 Å². The van der Waals surface area contributed by atoms with Gasteiger partial charge in [0.1, 0.15) is 0 Å². The van der Waals surface area contributed by atoms with E-state index in [1.165, 1.54) is 0 Å². The number of rotatable bonds is 3. The number of hydrogen-bond acceptors (Lipinski definition) is 6. The van der Waals surface area contributed by atoms with Crippen molar-refractivity contribution in [3.8, 4) is 0 Å². The van der Waals surface area contributed by atoms with E-state index in [2.05, 4.69) is 25.7 Å². The van der Waals surface area contributed by atoms with Gasteiger partial charge in [0.05, 0.1) is 23.8 Å². The summed E-state index contributed by atoms with van der Waals surface area (Å²) >= 11 is 0. The highest BCUT2D eigenvalue weighted by atomic mass is 15.3. The molecule has 0 amide bonds. The van der Waals surface area contributed by atoms with Gasteiger partial charge in [-0.1, -0.05) is 0 Å². The lowest BCUT2D eigenvalue weighted by molar-refractivity contribution is 0.768. The van der Waals surface area contributed by atoms with Crippen molar-refractivity contribution in [1.29, 1.82) is 0 Å². The SMILES string of the molecule is CNc1nc(Nc2cnn(C)c2)ncc1N. The van der Waals surface area contributed by atoms with Crippen LogP contribution in [0.25, 0.3) is 0 Å². The smallest absolute Gasteiger partial charge is 0.229 e. The van der Waals surface area contributed by atoms with E-state index in [0.717, 1.165) is 5.69 Å². The number of hydrogen-bond donors (Lipinski definition) is 3. The van der Waals surface area contributed by atoms with Gasteiger partial charge >= 0.3 is 0 Å². The maximum atomic E-state index is 5.67. The maximum absolute atomic E-state index is 5.67. The molecule has 2 aromatic rings. The van der Waals surface area contributed by atoms with Gasteiger partial charge in [-0.2, -0.15) is 10.1 Å². The van der Waals surface area contributed by atoms with Crippen molar-refractivity contribution in [2.45, 2.75) is 0 Å². The van der Waals surface area contributed by atoms with E-state index in [1.54, 1.807) is 24.1 Å². The Balaban J connectivity index is 2.21. The number of nitrogen functional groups attached to an aromatic ring is 1. The highest BCUT2D eigenvalue weighted by Crippen LogP contribution is 2.17. The molecule has 0 radical (unpaired) electrons. The number of nitrogens with one attached hydrogen (secondary N) is 2. The number of nitrogens with zero attached hydrogens (tertiary/aromatic N) is 4. The Labute approximate surface area is 92.7 Å². The molecule has 0 bridgehead atoms. The highest BCUT2D eigenvalue weighted by molar-refractivity contribution is 5.63. The molecule has 2 heterocycles. The second kappa shape index (κ2) is 4.05. The quantitative estimate of drug-likeness (QED) is 0.699. The molecule has 0 fully saturated rings. The van der Waals surface area contributed by atoms with Crippen LogP contribution in [0, 0.1) is 0 Å². The first-order valence-corrected chi connectivity index (χ1v) is 4.75. The van der Waals surface area contributed by atoms with Gasteiger partial charge in [-0.25, -0.2) is 4.98 Å². The fraction of sp³-hybridized carbons (Fsp3) is 0.222. The van der Waals surface area contributed by atoms with E-state index in [0.29, 0.717) is 17.5 Å². The summed E-state index contributed by atoms with van der Waals surface area (Å²) < 4.78 is 1.69. The summed E-state index contributed by atoms with van der Waals surface area (Å²) in [7, 11) is 3.60. The van der Waals surface area contributed by atoms with Gasteiger partial charge in [0.2, 0.25) is 5.95 Å². The molecule has 7 heteroatoms. The first-order chi connectivity index (χ1) is 7.69. The standard InChI is InChI=1S/C9H13N7/c1-11-8-7(10)4-12-9(15-8)14-6-3-13-16(2)5-6/h3-5H,10H2,1-2H3,(H2,11,12,14,15). The second-order valence-corrected chi connectivity index (χ2v) is 3.28. The Hall–Kier alpha value is -2.31. The van der Waals surface area contributed by atoms with E-state index in [-0.39, 0.29) is 0 Å². The Kier molecular flexibility index (Phi) is 2.59. The normalized spacial score (nSPS) is 10.1. The molecule has 0 saturated carbocycles. The third-order valence-electron chi connectivity index (χ3n) is 2.01. The average molecular weight is 219 g/mol. The van der Waals surface area contributed by atoms with Gasteiger partial charge in [0.25, 0.3) is 0 Å². The van der Waals surface area contributed by atoms with Crippen molar-refractivity contribution in [2.75, 3.05) is 23.4 Å². The third-order valence-corrected chi connectivity index (χ3v) is 2.01. The lowest BCUT2D eigenvalue weighted by Crippen LogP contribution is -2.03. The molecule has 0 unspecified atom stereocenters. The summed E-state index contributed by atoms with van der Waals surface area (Å²) in [6.45, 7) is 0. The van der Waals surface area contributed by atoms with Gasteiger partial charge in [0, 0.05) is 20.3 Å². The number of anilines is 4. The molecule has 0 aliphatic carbocycles. The Morgan fingerprint density at radius 2 is 2.19 bits per heavy atom. The van der Waals surface area contributed by atoms with Crippen LogP contribution in [-0.2, 0) is 7.05 Å². The van der Waals surface area contributed by atoms with Crippen molar-refractivity contribution < 1.29 is 0 Å². The predicted octanol–water partition coefficient (Wildman–Crippen LogP) is 0.578. The molecule has 0 saturated heterocycles. The lowest BCUT2D eigenvalue weighted by atomic mass is 10.5. The molecule has 0 aliphatic rings. The van der Waals surface area contributed by atoms with Crippen LogP contribution in [0.1, 0.15) is 0 Å². The fourth-order valence-corrected chi connectivity index (χ4v) is 1.27. The van der Waals surface area contributed by atoms with E-state index in [4.69, 9.17) is 5.73 Å². The van der Waals surface area contributed by atoms with Crippen molar-refractivity contribution in [3.63, 3.8) is 0 Å². The van der Waals surface area contributed by atoms with E-state index in [9.17, 15) is 0 Å². The largest absolute Gasteiger partial charge is 0.394 e. The average Bonchev–Trinajstić information content (AvgIpc) is 2.67. The van der Waals surface area contributed by atoms with Crippen LogP contribution < -0.4 is 16.4 Å². The van der Waals surface area contributed by atoms with Crippen LogP contribution in [0.15, 0.2) is 18.6 Å². The van der Waals surface area contributed by atoms with Crippen LogP contribution >= 0.6 is 0 Å². The zero-order valence-corrected chi connectivity index (χ0v) is 9.10. The van der Waals surface area contributed by atoms with Gasteiger partial charge in [0.15, 0.2) is 5.82 Å². The van der Waals surface area contributed by atoms with Crippen LogP contribution in [0.4, 0.5) is 23.1 Å². The Morgan fingerprint density at radius 3 is 2.81 bits per heavy atom. The molecule has 16 heavy (non-hydrogen) atoms. The van der Waals surface area contributed by atoms with Crippen molar-refractivity contribution in [3.05, 3.63) is 18.6 Å². The molecule has 2 rings (SSSR count). The highest BCUT2D eigenvalue weighted by Gasteiger charge is 2.03. The second-order valence-electron chi connectivity index (χ2n) is 3.28. The Bertz CT molecular complexity index is 490. The maximum Gasteiger partial charge on any atom is 0.229 e. The molecule has 4 N–H and O–H groups in total. The number of aryl methyl sites for hydroxylation is 1. The molecule has 2 aromatic heterocycles. The third kappa shape index (κ3) is 2.02. The van der Waals surface area contributed by atoms with E-state index < -0.39 is 0 Å². The zero-order valence-electron chi connectivity index (χ0n) is 9.10. The summed E-state index contributed by atoms with van der Waals surface area (Å²) in [6, 6.07) is 0. The van der Waals surface area contributed by atoms with E-state index >= 15 is 0 Å². The summed E-state index contributed by atoms with van der Waals surface area (Å²) in [6.07, 6.45) is 5.08. The fourth-order valence-electron chi connectivity index (χ4n) is 1.27. The summed E-state index contributed by atoms with van der Waals surface area (Å²) in [5, 5.41) is 9.95. The minimum absolute atomic E-state index is 0.478. The molecular formula is C9H13N7. The minimum Gasteiger partial charge on any atom is -0.394 e. The van der Waals surface area contributed by atoms with Gasteiger partial charge in [-0.15, -0.1) is 0 Å². The lowest BCUT2D eigenvalue weighted by Gasteiger charge is -2.06. The molecule has 0 aromatic carbocycles. The molecule has 0 atom stereocenters. The molecule has 84 valence electrons. The van der Waals surface area contributed by atoms with Crippen LogP contribution in [0.5, 0.6) is 0 Å². The molecule has 0 spiro atoms. The number of nitrogens with two attached hydrogens (primary N) is 1. The first kappa shape index (κ1) is 10.2. The topological polar surface area (TPSA) is 93.7 Å². The van der Waals surface area contributed by atoms with Gasteiger partial charge < -0.3 is 16.4 Å². The number of aromatic nitrogens is 4. The predicted molar refractivity (Wildman–Crippen MR) is 62.5 cm³/mol. The van der Waals surface area contributed by atoms with Gasteiger partial charge in [-0.05, 0) is 0 Å². The summed E-state index contributed by atoms with van der Waals surface area (Å²) in [4.78, 5) is 8.27. The molecule has 0 aliphatic heterocycles. The van der Waals surface area contributed by atoms with Crippen molar-refractivity contribution in [2.24, 2.45) is 7.05 Å². The van der Waals surface area contributed by atoms with E-state index in [1.807, 2.05) is 13.2 Å². The zero-order chi connectivity index (χ0) is 11.5. The minimum atomic E-state index is 0.478. The monoisotopic (exact) mass is 219 g/mol. The first-order valence-electron chi connectivity index (χ1n) is 4.75. The van der Waals surface area contributed by atoms with Gasteiger partial charge in [-0.3, -0.25) is 4.68 Å². The van der Waals surface area contributed by atoms with Crippen molar-refractivity contribution >= 4 is 23.1 Å². The van der Waals surface area contributed by atoms with Crippen LogP contribution in [0.3, 0.4) is 0 Å². The van der Waals surface area contributed by atoms with Crippen molar-refractivity contribution in [1.82, 2.24) is 19.7 Å². The summed E-state index contributed by atoms with van der Waals surface area (Å²) in [5.74, 6) is 1.08.